The quantitative estimate of drug-likeness (QED) is 0.884. The maximum absolute atomic E-state index is 11.9. The summed E-state index contributed by atoms with van der Waals surface area (Å²) in [4.78, 5) is 16.0. The first-order valence-corrected chi connectivity index (χ1v) is 6.60. The number of hydrogen-bond acceptors (Lipinski definition) is 4. The summed E-state index contributed by atoms with van der Waals surface area (Å²) in [6.45, 7) is 0.936. The summed E-state index contributed by atoms with van der Waals surface area (Å²) in [5, 5.41) is 5.71. The summed E-state index contributed by atoms with van der Waals surface area (Å²) in [6, 6.07) is 7.73. The van der Waals surface area contributed by atoms with Crippen LogP contribution in [-0.4, -0.2) is 17.9 Å². The van der Waals surface area contributed by atoms with Crippen molar-refractivity contribution in [2.45, 2.75) is 13.1 Å². The Morgan fingerprint density at radius 1 is 1.37 bits per heavy atom. The van der Waals surface area contributed by atoms with Crippen molar-refractivity contribution in [3.8, 4) is 0 Å². The molecule has 0 aliphatic rings. The van der Waals surface area contributed by atoms with Crippen LogP contribution >= 0.6 is 15.9 Å². The first-order valence-electron chi connectivity index (χ1n) is 5.81. The number of amides is 1. The molecular weight excluding hydrogens is 310 g/mol. The molecule has 1 aromatic heterocycles. The van der Waals surface area contributed by atoms with Gasteiger partial charge in [0.25, 0.3) is 5.91 Å². The number of nitrogens with one attached hydrogen (secondary N) is 2. The monoisotopic (exact) mass is 323 g/mol. The summed E-state index contributed by atoms with van der Waals surface area (Å²) in [5.74, 6) is 0.246. The van der Waals surface area contributed by atoms with Crippen molar-refractivity contribution >= 4 is 21.8 Å². The van der Waals surface area contributed by atoms with Crippen molar-refractivity contribution in [1.29, 1.82) is 0 Å². The molecule has 1 amide bonds. The SMILES string of the molecule is CNCc1nc(C(=O)NCc2ccccc2Br)co1. The lowest BCUT2D eigenvalue weighted by Gasteiger charge is -2.05. The van der Waals surface area contributed by atoms with Crippen LogP contribution < -0.4 is 10.6 Å². The third kappa shape index (κ3) is 3.65. The Labute approximate surface area is 119 Å². The van der Waals surface area contributed by atoms with Gasteiger partial charge in [-0.3, -0.25) is 4.79 Å². The highest BCUT2D eigenvalue weighted by molar-refractivity contribution is 9.10. The van der Waals surface area contributed by atoms with Gasteiger partial charge in [0, 0.05) is 11.0 Å². The molecule has 0 radical (unpaired) electrons. The fourth-order valence-electron chi connectivity index (χ4n) is 1.56. The fraction of sp³-hybridized carbons (Fsp3) is 0.231. The predicted octanol–water partition coefficient (Wildman–Crippen LogP) is 2.09. The van der Waals surface area contributed by atoms with Gasteiger partial charge in [-0.2, -0.15) is 0 Å². The summed E-state index contributed by atoms with van der Waals surface area (Å²) in [7, 11) is 1.79. The van der Waals surface area contributed by atoms with Crippen LogP contribution in [-0.2, 0) is 13.1 Å². The van der Waals surface area contributed by atoms with Crippen molar-refractivity contribution < 1.29 is 9.21 Å². The van der Waals surface area contributed by atoms with E-state index in [1.54, 1.807) is 7.05 Å². The highest BCUT2D eigenvalue weighted by atomic mass is 79.9. The molecule has 0 aliphatic carbocycles. The molecule has 100 valence electrons. The Morgan fingerprint density at radius 2 is 2.16 bits per heavy atom. The Kier molecular flexibility index (Phi) is 4.70. The van der Waals surface area contributed by atoms with Crippen LogP contribution in [0, 0.1) is 0 Å². The molecule has 2 N–H and O–H groups in total. The first kappa shape index (κ1) is 13.8. The van der Waals surface area contributed by atoms with Crippen LogP contribution in [0.3, 0.4) is 0 Å². The second-order valence-corrected chi connectivity index (χ2v) is 4.79. The van der Waals surface area contributed by atoms with Crippen molar-refractivity contribution in [3.63, 3.8) is 0 Å². The summed E-state index contributed by atoms with van der Waals surface area (Å²) in [5.41, 5.74) is 1.30. The predicted molar refractivity (Wildman–Crippen MR) is 74.6 cm³/mol. The normalized spacial score (nSPS) is 10.4. The lowest BCUT2D eigenvalue weighted by Crippen LogP contribution is -2.23. The van der Waals surface area contributed by atoms with Crippen molar-refractivity contribution in [2.24, 2.45) is 0 Å². The van der Waals surface area contributed by atoms with Gasteiger partial charge >= 0.3 is 0 Å². The van der Waals surface area contributed by atoms with Gasteiger partial charge in [-0.15, -0.1) is 0 Å². The van der Waals surface area contributed by atoms with Crippen LogP contribution in [0.1, 0.15) is 21.9 Å². The van der Waals surface area contributed by atoms with E-state index in [1.165, 1.54) is 6.26 Å². The molecule has 6 heteroatoms. The number of oxazole rings is 1. The molecule has 19 heavy (non-hydrogen) atoms. The lowest BCUT2D eigenvalue weighted by atomic mass is 10.2. The van der Waals surface area contributed by atoms with Crippen LogP contribution in [0.15, 0.2) is 39.4 Å². The summed E-state index contributed by atoms with van der Waals surface area (Å²) >= 11 is 3.43. The topological polar surface area (TPSA) is 67.2 Å². The Bertz CT molecular complexity index is 569. The molecule has 0 unspecified atom stereocenters. The standard InChI is InChI=1S/C13H14BrN3O2/c1-15-7-12-17-11(8-19-12)13(18)16-6-9-4-2-3-5-10(9)14/h2-5,8,15H,6-7H2,1H3,(H,16,18). The van der Waals surface area contributed by atoms with E-state index in [2.05, 4.69) is 31.5 Å². The van der Waals surface area contributed by atoms with Crippen LogP contribution in [0.4, 0.5) is 0 Å². The van der Waals surface area contributed by atoms with Crippen LogP contribution in [0.5, 0.6) is 0 Å². The maximum Gasteiger partial charge on any atom is 0.273 e. The molecular formula is C13H14BrN3O2. The molecule has 0 bridgehead atoms. The van der Waals surface area contributed by atoms with E-state index in [9.17, 15) is 4.79 Å². The second-order valence-electron chi connectivity index (χ2n) is 3.93. The van der Waals surface area contributed by atoms with Gasteiger partial charge in [0.2, 0.25) is 5.89 Å². The number of aromatic nitrogens is 1. The average molecular weight is 324 g/mol. The number of hydrogen-bond donors (Lipinski definition) is 2. The molecule has 5 nitrogen and oxygen atoms in total. The average Bonchev–Trinajstić information content (AvgIpc) is 2.87. The molecule has 2 rings (SSSR count). The first-order chi connectivity index (χ1) is 9.20. The van der Waals surface area contributed by atoms with E-state index in [1.807, 2.05) is 24.3 Å². The second kappa shape index (κ2) is 6.49. The fourth-order valence-corrected chi connectivity index (χ4v) is 1.98. The molecule has 0 spiro atoms. The van der Waals surface area contributed by atoms with Crippen molar-refractivity contribution in [2.75, 3.05) is 7.05 Å². The Hall–Kier alpha value is -1.66. The third-order valence-electron chi connectivity index (χ3n) is 2.51. The maximum atomic E-state index is 11.9. The van der Waals surface area contributed by atoms with E-state index in [4.69, 9.17) is 4.42 Å². The summed E-state index contributed by atoms with van der Waals surface area (Å²) in [6.07, 6.45) is 1.36. The van der Waals surface area contributed by atoms with E-state index in [0.717, 1.165) is 10.0 Å². The Morgan fingerprint density at radius 3 is 2.89 bits per heavy atom. The molecule has 1 aromatic carbocycles. The van der Waals surface area contributed by atoms with Crippen LogP contribution in [0.25, 0.3) is 0 Å². The number of halogens is 1. The molecule has 0 saturated carbocycles. The minimum Gasteiger partial charge on any atom is -0.447 e. The molecule has 2 aromatic rings. The lowest BCUT2D eigenvalue weighted by molar-refractivity contribution is 0.0946. The van der Waals surface area contributed by atoms with Gasteiger partial charge in [-0.1, -0.05) is 34.1 Å². The molecule has 0 saturated heterocycles. The minimum atomic E-state index is -0.248. The van der Waals surface area contributed by atoms with Crippen LogP contribution in [0.2, 0.25) is 0 Å². The Balaban J connectivity index is 1.95. The van der Waals surface area contributed by atoms with Gasteiger partial charge in [0.05, 0.1) is 6.54 Å². The van der Waals surface area contributed by atoms with E-state index < -0.39 is 0 Å². The molecule has 0 atom stereocenters. The molecule has 0 fully saturated rings. The van der Waals surface area contributed by atoms with Gasteiger partial charge in [-0.05, 0) is 18.7 Å². The number of carbonyl (C=O) groups excluding carboxylic acids is 1. The van der Waals surface area contributed by atoms with E-state index >= 15 is 0 Å². The van der Waals surface area contributed by atoms with Gasteiger partial charge in [0.1, 0.15) is 6.26 Å². The zero-order chi connectivity index (χ0) is 13.7. The molecule has 1 heterocycles. The zero-order valence-corrected chi connectivity index (χ0v) is 12.0. The number of carbonyl (C=O) groups is 1. The zero-order valence-electron chi connectivity index (χ0n) is 10.4. The van der Waals surface area contributed by atoms with Gasteiger partial charge in [-0.25, -0.2) is 4.98 Å². The van der Waals surface area contributed by atoms with E-state index in [0.29, 0.717) is 19.0 Å². The minimum absolute atomic E-state index is 0.248. The number of benzene rings is 1. The largest absolute Gasteiger partial charge is 0.447 e. The summed E-state index contributed by atoms with van der Waals surface area (Å²) < 4.78 is 6.12. The smallest absolute Gasteiger partial charge is 0.273 e. The number of nitrogens with zero attached hydrogens (tertiary/aromatic N) is 1. The molecule has 0 aliphatic heterocycles. The van der Waals surface area contributed by atoms with E-state index in [-0.39, 0.29) is 11.6 Å². The third-order valence-corrected chi connectivity index (χ3v) is 3.28. The highest BCUT2D eigenvalue weighted by Gasteiger charge is 2.11. The van der Waals surface area contributed by atoms with Gasteiger partial charge < -0.3 is 15.1 Å². The highest BCUT2D eigenvalue weighted by Crippen LogP contribution is 2.15. The van der Waals surface area contributed by atoms with Gasteiger partial charge in [0.15, 0.2) is 5.69 Å². The number of rotatable bonds is 5. The van der Waals surface area contributed by atoms with Crippen molar-refractivity contribution in [3.05, 3.63) is 52.1 Å². The van der Waals surface area contributed by atoms with Crippen molar-refractivity contribution in [1.82, 2.24) is 15.6 Å².